The number of nitrogens with one attached hydrogen (secondary N) is 3. The number of benzene rings is 3. The first kappa shape index (κ1) is 24.1. The van der Waals surface area contributed by atoms with E-state index in [4.69, 9.17) is 0 Å². The van der Waals surface area contributed by atoms with Gasteiger partial charge in [-0.05, 0) is 54.1 Å². The average molecular weight is 520 g/mol. The first-order valence-electron chi connectivity index (χ1n) is 11.0. The lowest BCUT2D eigenvalue weighted by atomic mass is 10.0. The molecule has 2 heterocycles. The number of H-pyrrole nitrogens is 1. The minimum Gasteiger partial charge on any atom is -0.308 e. The van der Waals surface area contributed by atoms with Gasteiger partial charge in [-0.15, -0.1) is 0 Å². The Kier molecular flexibility index (Phi) is 6.14. The molecular weight excluding hydrogens is 500 g/mol. The molecule has 0 radical (unpaired) electrons. The van der Waals surface area contributed by atoms with Crippen LogP contribution in [0.5, 0.6) is 0 Å². The van der Waals surface area contributed by atoms with E-state index < -0.39 is 27.5 Å². The maximum absolute atomic E-state index is 14.5. The molecule has 0 atom stereocenters. The summed E-state index contributed by atoms with van der Waals surface area (Å²) in [4.78, 5) is 16.9. The van der Waals surface area contributed by atoms with Gasteiger partial charge in [0.05, 0.1) is 10.6 Å². The highest BCUT2D eigenvalue weighted by Crippen LogP contribution is 2.32. The third-order valence-electron chi connectivity index (χ3n) is 5.56. The molecule has 3 N–H and O–H groups in total. The van der Waals surface area contributed by atoms with Crippen LogP contribution in [0.3, 0.4) is 0 Å². The van der Waals surface area contributed by atoms with E-state index in [1.807, 2.05) is 0 Å². The molecule has 8 nitrogen and oxygen atoms in total. The number of rotatable bonds is 5. The van der Waals surface area contributed by atoms with Crippen molar-refractivity contribution < 1.29 is 22.0 Å². The molecule has 11 heteroatoms. The SMILES string of the molecule is CS(=O)(=O)c1cccc(-c2cnc3[nH]nc(-c4cc(F)cc(NC(=O)Nc5ccccc5F)c4)c3c2)c1. The Bertz CT molecular complexity index is 1770. The summed E-state index contributed by atoms with van der Waals surface area (Å²) >= 11 is 0. The number of aromatic amines is 1. The monoisotopic (exact) mass is 519 g/mol. The Hall–Kier alpha value is -4.64. The van der Waals surface area contributed by atoms with Crippen LogP contribution in [0.15, 0.2) is 83.9 Å². The van der Waals surface area contributed by atoms with Crippen molar-refractivity contribution in [3.8, 4) is 22.4 Å². The minimum atomic E-state index is -3.40. The molecule has 2 aromatic heterocycles. The largest absolute Gasteiger partial charge is 0.323 e. The van der Waals surface area contributed by atoms with E-state index in [0.717, 1.165) is 12.3 Å². The zero-order valence-electron chi connectivity index (χ0n) is 19.3. The predicted molar refractivity (Wildman–Crippen MR) is 137 cm³/mol. The molecule has 3 aromatic carbocycles. The van der Waals surface area contributed by atoms with E-state index in [9.17, 15) is 22.0 Å². The predicted octanol–water partition coefficient (Wildman–Crippen LogP) is 5.62. The molecule has 186 valence electrons. The van der Waals surface area contributed by atoms with Crippen molar-refractivity contribution in [3.63, 3.8) is 0 Å². The van der Waals surface area contributed by atoms with Crippen molar-refractivity contribution in [2.24, 2.45) is 0 Å². The zero-order chi connectivity index (χ0) is 26.2. The van der Waals surface area contributed by atoms with Gasteiger partial charge in [-0.25, -0.2) is 27.0 Å². The van der Waals surface area contributed by atoms with E-state index >= 15 is 0 Å². The number of carbonyl (C=O) groups is 1. The number of anilines is 2. The van der Waals surface area contributed by atoms with Gasteiger partial charge in [0.1, 0.15) is 17.3 Å². The van der Waals surface area contributed by atoms with Crippen LogP contribution in [0.2, 0.25) is 0 Å². The lowest BCUT2D eigenvalue weighted by Crippen LogP contribution is -2.20. The van der Waals surface area contributed by atoms with Gasteiger partial charge in [0.15, 0.2) is 15.5 Å². The topological polar surface area (TPSA) is 117 Å². The van der Waals surface area contributed by atoms with E-state index in [1.54, 1.807) is 36.5 Å². The van der Waals surface area contributed by atoms with Gasteiger partial charge in [-0.3, -0.25) is 5.10 Å². The van der Waals surface area contributed by atoms with Crippen LogP contribution in [-0.2, 0) is 9.84 Å². The molecular formula is C26H19F2N5O3S. The second-order valence-corrected chi connectivity index (χ2v) is 10.3. The Labute approximate surface area is 210 Å². The van der Waals surface area contributed by atoms with E-state index in [0.29, 0.717) is 33.4 Å². The smallest absolute Gasteiger partial charge is 0.308 e. The molecule has 0 bridgehead atoms. The van der Waals surface area contributed by atoms with Crippen LogP contribution in [0.25, 0.3) is 33.4 Å². The van der Waals surface area contributed by atoms with Gasteiger partial charge < -0.3 is 10.6 Å². The number of sulfone groups is 1. The standard InChI is InChI=1S/C26H19F2N5O3S/c1-37(35,36)20-6-4-5-15(11-20)17-12-21-24(32-33-25(21)29-14-17)16-9-18(27)13-19(10-16)30-26(34)31-23-8-3-2-7-22(23)28/h2-14H,1H3,(H,29,32,33)(H2,30,31,34). The number of pyridine rings is 1. The highest BCUT2D eigenvalue weighted by atomic mass is 32.2. The van der Waals surface area contributed by atoms with E-state index in [-0.39, 0.29) is 16.3 Å². The number of nitrogens with zero attached hydrogens (tertiary/aromatic N) is 2. The number of aromatic nitrogens is 3. The molecule has 0 saturated heterocycles. The lowest BCUT2D eigenvalue weighted by molar-refractivity contribution is 0.262. The summed E-state index contributed by atoms with van der Waals surface area (Å²) in [6.07, 6.45) is 2.71. The molecule has 0 spiro atoms. The number of hydrogen-bond donors (Lipinski definition) is 3. The summed E-state index contributed by atoms with van der Waals surface area (Å²) in [5, 5.41) is 12.5. The molecule has 0 aliphatic heterocycles. The van der Waals surface area contributed by atoms with Gasteiger partial charge in [0.2, 0.25) is 0 Å². The number of hydrogen-bond acceptors (Lipinski definition) is 5. The van der Waals surface area contributed by atoms with Crippen LogP contribution in [-0.4, -0.2) is 35.9 Å². The van der Waals surface area contributed by atoms with Gasteiger partial charge in [-0.1, -0.05) is 24.3 Å². The number of para-hydroxylation sites is 1. The van der Waals surface area contributed by atoms with Gasteiger partial charge >= 0.3 is 6.03 Å². The average Bonchev–Trinajstić information content (AvgIpc) is 3.28. The van der Waals surface area contributed by atoms with Gasteiger partial charge in [0.25, 0.3) is 0 Å². The van der Waals surface area contributed by atoms with Crippen molar-refractivity contribution in [2.75, 3.05) is 16.9 Å². The molecule has 0 aliphatic carbocycles. The van der Waals surface area contributed by atoms with Crippen LogP contribution >= 0.6 is 0 Å². The Morgan fingerprint density at radius 1 is 0.892 bits per heavy atom. The summed E-state index contributed by atoms with van der Waals surface area (Å²) < 4.78 is 52.3. The number of halogens is 2. The van der Waals surface area contributed by atoms with Crippen LogP contribution < -0.4 is 10.6 Å². The third kappa shape index (κ3) is 5.16. The van der Waals surface area contributed by atoms with Crippen molar-refractivity contribution in [1.82, 2.24) is 15.2 Å². The molecule has 37 heavy (non-hydrogen) atoms. The van der Waals surface area contributed by atoms with Gasteiger partial charge in [0, 0.05) is 34.7 Å². The number of fused-ring (bicyclic) bond motifs is 1. The first-order chi connectivity index (χ1) is 17.7. The highest BCUT2D eigenvalue weighted by molar-refractivity contribution is 7.90. The zero-order valence-corrected chi connectivity index (χ0v) is 20.1. The molecule has 5 rings (SSSR count). The number of amides is 2. The second-order valence-electron chi connectivity index (χ2n) is 8.28. The molecule has 5 aromatic rings. The van der Waals surface area contributed by atoms with Gasteiger partial charge in [-0.2, -0.15) is 5.10 Å². The third-order valence-corrected chi connectivity index (χ3v) is 6.67. The highest BCUT2D eigenvalue weighted by Gasteiger charge is 2.15. The van der Waals surface area contributed by atoms with Crippen molar-refractivity contribution in [1.29, 1.82) is 0 Å². The normalized spacial score (nSPS) is 11.4. The Morgan fingerprint density at radius 3 is 2.49 bits per heavy atom. The van der Waals surface area contributed by atoms with Crippen LogP contribution in [0.4, 0.5) is 25.0 Å². The number of carbonyl (C=O) groups excluding carboxylic acids is 1. The Morgan fingerprint density at radius 2 is 1.70 bits per heavy atom. The molecule has 2 amide bonds. The van der Waals surface area contributed by atoms with Crippen LogP contribution in [0.1, 0.15) is 0 Å². The molecule has 0 saturated carbocycles. The fourth-order valence-corrected chi connectivity index (χ4v) is 4.50. The van der Waals surface area contributed by atoms with Crippen LogP contribution in [0, 0.1) is 11.6 Å². The minimum absolute atomic E-state index is 0.0199. The van der Waals surface area contributed by atoms with Crippen molar-refractivity contribution in [3.05, 3.63) is 90.6 Å². The second kappa shape index (κ2) is 9.43. The fourth-order valence-electron chi connectivity index (χ4n) is 3.83. The quantitative estimate of drug-likeness (QED) is 0.279. The van der Waals surface area contributed by atoms with Crippen molar-refractivity contribution >= 4 is 38.3 Å². The summed E-state index contributed by atoms with van der Waals surface area (Å²) in [7, 11) is -3.40. The summed E-state index contributed by atoms with van der Waals surface area (Å²) in [6, 6.07) is 17.1. The summed E-state index contributed by atoms with van der Waals surface area (Å²) in [5.41, 5.74) is 2.56. The summed E-state index contributed by atoms with van der Waals surface area (Å²) in [5.74, 6) is -1.23. The molecule has 0 aliphatic rings. The fraction of sp³-hybridized carbons (Fsp3) is 0.0385. The maximum Gasteiger partial charge on any atom is 0.323 e. The number of urea groups is 1. The van der Waals surface area contributed by atoms with Crippen molar-refractivity contribution in [2.45, 2.75) is 4.90 Å². The van der Waals surface area contributed by atoms with E-state index in [2.05, 4.69) is 25.8 Å². The molecule has 0 unspecified atom stereocenters. The summed E-state index contributed by atoms with van der Waals surface area (Å²) in [6.45, 7) is 0. The first-order valence-corrected chi connectivity index (χ1v) is 12.8. The Balaban J connectivity index is 1.48. The lowest BCUT2D eigenvalue weighted by Gasteiger charge is -2.10. The maximum atomic E-state index is 14.5. The molecule has 0 fully saturated rings. The van der Waals surface area contributed by atoms with E-state index in [1.165, 1.54) is 36.4 Å².